The fourth-order valence-corrected chi connectivity index (χ4v) is 5.73. The zero-order valence-corrected chi connectivity index (χ0v) is 19.5. The van der Waals surface area contributed by atoms with Crippen LogP contribution in [0.3, 0.4) is 0 Å². The van der Waals surface area contributed by atoms with Crippen molar-refractivity contribution < 1.29 is 27.2 Å². The molecule has 2 aliphatic heterocycles. The largest absolute Gasteiger partial charge is 0.486 e. The quantitative estimate of drug-likeness (QED) is 0.588. The maximum Gasteiger partial charge on any atom is 0.277 e. The van der Waals surface area contributed by atoms with Crippen molar-refractivity contribution in [3.63, 3.8) is 0 Å². The van der Waals surface area contributed by atoms with E-state index in [0.717, 1.165) is 12.8 Å². The van der Waals surface area contributed by atoms with Crippen LogP contribution in [-0.4, -0.2) is 50.1 Å². The molecule has 10 heteroatoms. The van der Waals surface area contributed by atoms with Gasteiger partial charge < -0.3 is 19.3 Å². The first-order valence-corrected chi connectivity index (χ1v) is 12.6. The molecule has 34 heavy (non-hydrogen) atoms. The molecule has 1 fully saturated rings. The zero-order chi connectivity index (χ0) is 23.7. The molecule has 0 unspecified atom stereocenters. The number of carbonyl (C=O) groups is 1. The lowest BCUT2D eigenvalue weighted by atomic mass is 10.0. The number of aromatic nitrogens is 1. The Morgan fingerprint density at radius 2 is 1.82 bits per heavy atom. The highest BCUT2D eigenvalue weighted by atomic mass is 32.2. The van der Waals surface area contributed by atoms with Gasteiger partial charge in [0.2, 0.25) is 10.0 Å². The van der Waals surface area contributed by atoms with Gasteiger partial charge in [0.25, 0.3) is 5.91 Å². The summed E-state index contributed by atoms with van der Waals surface area (Å²) >= 11 is 0. The van der Waals surface area contributed by atoms with Crippen molar-refractivity contribution >= 4 is 21.6 Å². The number of benzene rings is 2. The molecular weight excluding hydrogens is 458 g/mol. The average Bonchev–Trinajstić information content (AvgIpc) is 3.35. The van der Waals surface area contributed by atoms with Gasteiger partial charge in [0, 0.05) is 30.4 Å². The van der Waals surface area contributed by atoms with Crippen LogP contribution in [0.5, 0.6) is 11.5 Å². The summed E-state index contributed by atoms with van der Waals surface area (Å²) in [6.45, 7) is 4.09. The number of anilines is 1. The lowest BCUT2D eigenvalue weighted by Crippen LogP contribution is -2.39. The number of hydrogen-bond donors (Lipinski definition) is 1. The lowest BCUT2D eigenvalue weighted by Gasteiger charge is -2.30. The molecule has 1 atom stereocenters. The summed E-state index contributed by atoms with van der Waals surface area (Å²) in [7, 11) is -3.55. The molecule has 2 aliphatic rings. The van der Waals surface area contributed by atoms with E-state index in [-0.39, 0.29) is 10.6 Å². The fourth-order valence-electron chi connectivity index (χ4n) is 4.13. The van der Waals surface area contributed by atoms with Gasteiger partial charge in [-0.15, -0.1) is 0 Å². The SMILES string of the molecule is C[C@@H]1CCCN(S(=O)(=O)c2ccc(NC(=O)c3cc(-c4ccc5c(c4)OCCO5)on3)cc2)C1. The molecule has 0 radical (unpaired) electrons. The van der Waals surface area contributed by atoms with Crippen LogP contribution in [0.2, 0.25) is 0 Å². The predicted molar refractivity (Wildman–Crippen MR) is 124 cm³/mol. The summed E-state index contributed by atoms with van der Waals surface area (Å²) in [6, 6.07) is 13.1. The van der Waals surface area contributed by atoms with E-state index in [4.69, 9.17) is 14.0 Å². The number of nitrogens with zero attached hydrogens (tertiary/aromatic N) is 2. The zero-order valence-electron chi connectivity index (χ0n) is 18.7. The standard InChI is InChI=1S/C24H25N3O6S/c1-16-3-2-10-27(15-16)34(29,30)19-7-5-18(6-8-19)25-24(28)20-14-22(33-26-20)17-4-9-21-23(13-17)32-12-11-31-21/h4-9,13-14,16H,2-3,10-12,15H2,1H3,(H,25,28)/t16-/m1/s1. The van der Waals surface area contributed by atoms with Crippen molar-refractivity contribution in [1.82, 2.24) is 9.46 Å². The maximum absolute atomic E-state index is 12.9. The van der Waals surface area contributed by atoms with Gasteiger partial charge >= 0.3 is 0 Å². The summed E-state index contributed by atoms with van der Waals surface area (Å²) in [6.07, 6.45) is 1.90. The van der Waals surface area contributed by atoms with Crippen molar-refractivity contribution in [3.05, 3.63) is 54.2 Å². The van der Waals surface area contributed by atoms with E-state index in [1.54, 1.807) is 30.3 Å². The van der Waals surface area contributed by atoms with E-state index in [9.17, 15) is 13.2 Å². The van der Waals surface area contributed by atoms with Crippen molar-refractivity contribution in [3.8, 4) is 22.8 Å². The van der Waals surface area contributed by atoms with Crippen molar-refractivity contribution in [2.24, 2.45) is 5.92 Å². The number of hydrogen-bond acceptors (Lipinski definition) is 7. The molecule has 1 aromatic heterocycles. The van der Waals surface area contributed by atoms with Gasteiger partial charge in [-0.2, -0.15) is 4.31 Å². The summed E-state index contributed by atoms with van der Waals surface area (Å²) in [5, 5.41) is 6.59. The molecule has 1 amide bonds. The van der Waals surface area contributed by atoms with Crippen LogP contribution in [0.1, 0.15) is 30.3 Å². The fraction of sp³-hybridized carbons (Fsp3) is 0.333. The van der Waals surface area contributed by atoms with E-state index in [1.807, 2.05) is 0 Å². The summed E-state index contributed by atoms with van der Waals surface area (Å²) in [5.74, 6) is 1.57. The topological polar surface area (TPSA) is 111 Å². The Morgan fingerprint density at radius 3 is 2.59 bits per heavy atom. The number of amides is 1. The molecule has 178 valence electrons. The second-order valence-electron chi connectivity index (χ2n) is 8.52. The summed E-state index contributed by atoms with van der Waals surface area (Å²) < 4.78 is 43.8. The third kappa shape index (κ3) is 4.51. The maximum atomic E-state index is 12.9. The van der Waals surface area contributed by atoms with Crippen LogP contribution in [0.25, 0.3) is 11.3 Å². The number of fused-ring (bicyclic) bond motifs is 1. The number of rotatable bonds is 5. The van der Waals surface area contributed by atoms with Crippen LogP contribution in [-0.2, 0) is 10.0 Å². The first-order valence-electron chi connectivity index (χ1n) is 11.2. The molecular formula is C24H25N3O6S. The third-order valence-electron chi connectivity index (χ3n) is 5.94. The Hall–Kier alpha value is -3.37. The molecule has 0 spiro atoms. The molecule has 2 aromatic carbocycles. The number of piperidine rings is 1. The Bertz CT molecular complexity index is 1300. The summed E-state index contributed by atoms with van der Waals surface area (Å²) in [5.41, 5.74) is 1.26. The van der Waals surface area contributed by atoms with Crippen LogP contribution in [0.4, 0.5) is 5.69 Å². The molecule has 3 heterocycles. The Labute approximate surface area is 197 Å². The van der Waals surface area contributed by atoms with Crippen molar-refractivity contribution in [1.29, 1.82) is 0 Å². The molecule has 0 bridgehead atoms. The average molecular weight is 484 g/mol. The molecule has 1 saturated heterocycles. The van der Waals surface area contributed by atoms with Crippen LogP contribution >= 0.6 is 0 Å². The number of sulfonamides is 1. The van der Waals surface area contributed by atoms with Crippen molar-refractivity contribution in [2.45, 2.75) is 24.7 Å². The molecule has 9 nitrogen and oxygen atoms in total. The minimum atomic E-state index is -3.55. The third-order valence-corrected chi connectivity index (χ3v) is 7.82. The predicted octanol–water partition coefficient (Wildman–Crippen LogP) is 3.79. The number of nitrogens with one attached hydrogen (secondary N) is 1. The van der Waals surface area contributed by atoms with Crippen LogP contribution in [0, 0.1) is 5.92 Å². The highest BCUT2D eigenvalue weighted by molar-refractivity contribution is 7.89. The number of carbonyl (C=O) groups excluding carboxylic acids is 1. The van der Waals surface area contributed by atoms with Gasteiger partial charge in [-0.25, -0.2) is 8.42 Å². The first kappa shape index (κ1) is 22.4. The molecule has 3 aromatic rings. The van der Waals surface area contributed by atoms with E-state index >= 15 is 0 Å². The highest BCUT2D eigenvalue weighted by Crippen LogP contribution is 2.34. The second-order valence-corrected chi connectivity index (χ2v) is 10.5. The summed E-state index contributed by atoms with van der Waals surface area (Å²) in [4.78, 5) is 12.9. The Morgan fingerprint density at radius 1 is 1.06 bits per heavy atom. The normalized spacial score (nSPS) is 18.4. The minimum absolute atomic E-state index is 0.101. The molecule has 0 saturated carbocycles. The van der Waals surface area contributed by atoms with Gasteiger partial charge in [-0.05, 0) is 61.2 Å². The molecule has 0 aliphatic carbocycles. The van der Waals surface area contributed by atoms with E-state index in [0.29, 0.717) is 60.7 Å². The van der Waals surface area contributed by atoms with Gasteiger partial charge in [-0.3, -0.25) is 4.79 Å². The molecule has 5 rings (SSSR count). The van der Waals surface area contributed by atoms with E-state index < -0.39 is 15.9 Å². The molecule has 1 N–H and O–H groups in total. The van der Waals surface area contributed by atoms with Crippen LogP contribution in [0.15, 0.2) is 57.9 Å². The lowest BCUT2D eigenvalue weighted by molar-refractivity contribution is 0.101. The first-order chi connectivity index (χ1) is 16.4. The Balaban J connectivity index is 1.27. The monoisotopic (exact) mass is 483 g/mol. The van der Waals surface area contributed by atoms with Gasteiger partial charge in [0.05, 0.1) is 4.90 Å². The smallest absolute Gasteiger partial charge is 0.277 e. The van der Waals surface area contributed by atoms with Gasteiger partial charge in [0.15, 0.2) is 23.0 Å². The Kier molecular flexibility index (Phi) is 6.01. The minimum Gasteiger partial charge on any atom is -0.486 e. The number of ether oxygens (including phenoxy) is 2. The van der Waals surface area contributed by atoms with E-state index in [1.165, 1.54) is 22.5 Å². The highest BCUT2D eigenvalue weighted by Gasteiger charge is 2.28. The van der Waals surface area contributed by atoms with Gasteiger partial charge in [0.1, 0.15) is 13.2 Å². The van der Waals surface area contributed by atoms with Crippen LogP contribution < -0.4 is 14.8 Å². The van der Waals surface area contributed by atoms with Gasteiger partial charge in [-0.1, -0.05) is 12.1 Å². The van der Waals surface area contributed by atoms with E-state index in [2.05, 4.69) is 17.4 Å². The second kappa shape index (κ2) is 9.11. The van der Waals surface area contributed by atoms with Crippen molar-refractivity contribution in [2.75, 3.05) is 31.6 Å².